The van der Waals surface area contributed by atoms with Gasteiger partial charge in [-0.25, -0.2) is 0 Å². The molecule has 0 aromatic heterocycles. The van der Waals surface area contributed by atoms with Crippen molar-refractivity contribution in [1.29, 1.82) is 0 Å². The van der Waals surface area contributed by atoms with E-state index in [0.29, 0.717) is 6.54 Å². The molecule has 1 atom stereocenters. The van der Waals surface area contributed by atoms with Crippen LogP contribution in [0.2, 0.25) is 0 Å². The summed E-state index contributed by atoms with van der Waals surface area (Å²) in [5, 5.41) is 6.80. The number of methoxy groups -OCH3 is 2. The maximum atomic E-state index is 5.38. The Hall–Kier alpha value is -2.73. The summed E-state index contributed by atoms with van der Waals surface area (Å²) in [4.78, 5) is 6.57. The number of hydrogen-bond donors (Lipinski definition) is 2. The third-order valence-electron chi connectivity index (χ3n) is 4.99. The van der Waals surface area contributed by atoms with Crippen LogP contribution in [0.3, 0.4) is 0 Å². The first kappa shape index (κ1) is 22.6. The number of ether oxygens (including phenoxy) is 2. The van der Waals surface area contributed by atoms with Crippen molar-refractivity contribution >= 4 is 5.96 Å². The average Bonchev–Trinajstić information content (AvgIpc) is 2.75. The number of rotatable bonds is 9. The minimum absolute atomic E-state index is 0.250. The molecule has 0 spiro atoms. The lowest BCUT2D eigenvalue weighted by Crippen LogP contribution is -2.41. The molecule has 2 rings (SSSR count). The quantitative estimate of drug-likeness (QED) is 0.502. The van der Waals surface area contributed by atoms with Gasteiger partial charge in [0.2, 0.25) is 0 Å². The van der Waals surface area contributed by atoms with Gasteiger partial charge in [0, 0.05) is 20.1 Å². The van der Waals surface area contributed by atoms with Gasteiger partial charge in [-0.3, -0.25) is 4.99 Å². The fourth-order valence-electron chi connectivity index (χ4n) is 3.16. The third-order valence-corrected chi connectivity index (χ3v) is 4.99. The van der Waals surface area contributed by atoms with E-state index in [2.05, 4.69) is 65.8 Å². The van der Waals surface area contributed by atoms with Gasteiger partial charge < -0.3 is 25.0 Å². The number of aliphatic imine (C=N–C) groups is 1. The van der Waals surface area contributed by atoms with Gasteiger partial charge in [0.25, 0.3) is 0 Å². The summed E-state index contributed by atoms with van der Waals surface area (Å²) < 4.78 is 10.7. The van der Waals surface area contributed by atoms with E-state index in [4.69, 9.17) is 9.47 Å². The van der Waals surface area contributed by atoms with Crippen LogP contribution in [0.5, 0.6) is 11.5 Å². The molecule has 2 aromatic carbocycles. The smallest absolute Gasteiger partial charge is 0.191 e. The van der Waals surface area contributed by atoms with Crippen molar-refractivity contribution in [3.05, 3.63) is 59.2 Å². The van der Waals surface area contributed by atoms with Crippen LogP contribution in [0, 0.1) is 0 Å². The predicted octanol–water partition coefficient (Wildman–Crippen LogP) is 3.23. The summed E-state index contributed by atoms with van der Waals surface area (Å²) in [6.45, 7) is 3.57. The van der Waals surface area contributed by atoms with Gasteiger partial charge in [0.1, 0.15) is 0 Å². The molecule has 1 unspecified atom stereocenters. The van der Waals surface area contributed by atoms with Gasteiger partial charge in [-0.05, 0) is 49.3 Å². The highest BCUT2D eigenvalue weighted by atomic mass is 16.5. The summed E-state index contributed by atoms with van der Waals surface area (Å²) in [7, 11) is 9.26. The Morgan fingerprint density at radius 2 is 1.62 bits per heavy atom. The third kappa shape index (κ3) is 6.39. The van der Waals surface area contributed by atoms with Crippen LogP contribution in [-0.2, 0) is 13.0 Å². The van der Waals surface area contributed by atoms with Crippen molar-refractivity contribution in [1.82, 2.24) is 15.5 Å². The molecule has 0 radical (unpaired) electrons. The fraction of sp³-hybridized carbons (Fsp3) is 0.435. The second kappa shape index (κ2) is 11.3. The number of benzene rings is 2. The maximum absolute atomic E-state index is 5.38. The highest BCUT2D eigenvalue weighted by Gasteiger charge is 2.15. The Morgan fingerprint density at radius 3 is 2.17 bits per heavy atom. The van der Waals surface area contributed by atoms with Crippen LogP contribution < -0.4 is 20.1 Å². The SMILES string of the molecule is CCc1ccc(C(CNC(=NC)NCc2ccc(OC)c(OC)c2)N(C)C)cc1. The van der Waals surface area contributed by atoms with Crippen LogP contribution in [-0.4, -0.2) is 52.8 Å². The molecule has 0 saturated heterocycles. The fourth-order valence-corrected chi connectivity index (χ4v) is 3.16. The van der Waals surface area contributed by atoms with Crippen LogP contribution in [0.4, 0.5) is 0 Å². The lowest BCUT2D eigenvalue weighted by Gasteiger charge is -2.26. The molecule has 0 saturated carbocycles. The summed E-state index contributed by atoms with van der Waals surface area (Å²) in [5.74, 6) is 2.21. The zero-order valence-electron chi connectivity index (χ0n) is 18.5. The summed E-state index contributed by atoms with van der Waals surface area (Å²) in [6.07, 6.45) is 1.05. The molecule has 6 nitrogen and oxygen atoms in total. The van der Waals surface area contributed by atoms with Crippen LogP contribution >= 0.6 is 0 Å². The Bertz CT molecular complexity index is 788. The lowest BCUT2D eigenvalue weighted by atomic mass is 10.0. The van der Waals surface area contributed by atoms with E-state index in [9.17, 15) is 0 Å². The average molecular weight is 399 g/mol. The van der Waals surface area contributed by atoms with Gasteiger partial charge in [0.15, 0.2) is 17.5 Å². The standard InChI is InChI=1S/C23H34N4O2/c1-7-17-8-11-19(12-9-17)20(27(3)4)16-26-23(24-2)25-15-18-10-13-21(28-5)22(14-18)29-6/h8-14,20H,7,15-16H2,1-6H3,(H2,24,25,26). The van der Waals surface area contributed by atoms with E-state index in [1.807, 2.05) is 18.2 Å². The molecule has 2 aromatic rings. The van der Waals surface area contributed by atoms with Crippen molar-refractivity contribution < 1.29 is 9.47 Å². The number of aryl methyl sites for hydroxylation is 1. The molecule has 0 aliphatic rings. The maximum Gasteiger partial charge on any atom is 0.191 e. The molecule has 29 heavy (non-hydrogen) atoms. The number of likely N-dealkylation sites (N-methyl/N-ethyl adjacent to an activating group) is 1. The predicted molar refractivity (Wildman–Crippen MR) is 120 cm³/mol. The summed E-state index contributed by atoms with van der Waals surface area (Å²) in [5.41, 5.74) is 3.73. The van der Waals surface area contributed by atoms with Crippen molar-refractivity contribution in [3.63, 3.8) is 0 Å². The van der Waals surface area contributed by atoms with Crippen molar-refractivity contribution in [2.45, 2.75) is 25.9 Å². The largest absolute Gasteiger partial charge is 0.493 e. The van der Waals surface area contributed by atoms with Crippen molar-refractivity contribution in [3.8, 4) is 11.5 Å². The van der Waals surface area contributed by atoms with E-state index in [1.165, 1.54) is 11.1 Å². The number of nitrogens with one attached hydrogen (secondary N) is 2. The zero-order chi connectivity index (χ0) is 21.2. The van der Waals surface area contributed by atoms with E-state index in [1.54, 1.807) is 21.3 Å². The van der Waals surface area contributed by atoms with Crippen molar-refractivity contribution in [2.24, 2.45) is 4.99 Å². The highest BCUT2D eigenvalue weighted by molar-refractivity contribution is 5.79. The monoisotopic (exact) mass is 398 g/mol. The minimum atomic E-state index is 0.250. The summed E-state index contributed by atoms with van der Waals surface area (Å²) in [6, 6.07) is 15.0. The molecule has 0 bridgehead atoms. The molecular weight excluding hydrogens is 364 g/mol. The molecule has 0 heterocycles. The van der Waals surface area contributed by atoms with Gasteiger partial charge in [-0.1, -0.05) is 37.3 Å². The first-order chi connectivity index (χ1) is 14.0. The molecule has 6 heteroatoms. The van der Waals surface area contributed by atoms with E-state index >= 15 is 0 Å². The minimum Gasteiger partial charge on any atom is -0.493 e. The Morgan fingerprint density at radius 1 is 0.966 bits per heavy atom. The van der Waals surface area contributed by atoms with Gasteiger partial charge in [0.05, 0.1) is 20.3 Å². The first-order valence-corrected chi connectivity index (χ1v) is 9.93. The first-order valence-electron chi connectivity index (χ1n) is 9.93. The second-order valence-electron chi connectivity index (χ2n) is 7.07. The lowest BCUT2D eigenvalue weighted by molar-refractivity contribution is 0.298. The molecule has 0 aliphatic heterocycles. The Kier molecular flexibility index (Phi) is 8.80. The van der Waals surface area contributed by atoms with E-state index in [0.717, 1.165) is 36.0 Å². The van der Waals surface area contributed by atoms with E-state index < -0.39 is 0 Å². The Balaban J connectivity index is 1.97. The molecule has 158 valence electrons. The molecule has 0 amide bonds. The van der Waals surface area contributed by atoms with E-state index in [-0.39, 0.29) is 6.04 Å². The van der Waals surface area contributed by atoms with Crippen LogP contribution in [0.1, 0.15) is 29.7 Å². The Labute approximate surface area is 174 Å². The number of nitrogens with zero attached hydrogens (tertiary/aromatic N) is 2. The normalized spacial score (nSPS) is 12.6. The highest BCUT2D eigenvalue weighted by Crippen LogP contribution is 2.27. The molecule has 2 N–H and O–H groups in total. The van der Waals surface area contributed by atoms with Crippen LogP contribution in [0.25, 0.3) is 0 Å². The summed E-state index contributed by atoms with van der Waals surface area (Å²) >= 11 is 0. The van der Waals surface area contributed by atoms with Crippen LogP contribution in [0.15, 0.2) is 47.5 Å². The zero-order valence-corrected chi connectivity index (χ0v) is 18.5. The van der Waals surface area contributed by atoms with Gasteiger partial charge in [-0.15, -0.1) is 0 Å². The second-order valence-corrected chi connectivity index (χ2v) is 7.07. The number of hydrogen-bond acceptors (Lipinski definition) is 4. The topological polar surface area (TPSA) is 58.1 Å². The molecule has 0 fully saturated rings. The van der Waals surface area contributed by atoms with Gasteiger partial charge >= 0.3 is 0 Å². The molecule has 0 aliphatic carbocycles. The number of guanidine groups is 1. The molecular formula is C23H34N4O2. The van der Waals surface area contributed by atoms with Gasteiger partial charge in [-0.2, -0.15) is 0 Å². The van der Waals surface area contributed by atoms with Crippen molar-refractivity contribution in [2.75, 3.05) is 41.9 Å².